The number of piperidine rings is 1. The Morgan fingerprint density at radius 2 is 2.21 bits per heavy atom. The van der Waals surface area contributed by atoms with Crippen molar-refractivity contribution >= 4 is 5.91 Å². The van der Waals surface area contributed by atoms with Crippen molar-refractivity contribution in [1.82, 2.24) is 10.2 Å². The summed E-state index contributed by atoms with van der Waals surface area (Å²) in [7, 11) is 0. The van der Waals surface area contributed by atoms with Gasteiger partial charge in [-0.15, -0.1) is 0 Å². The van der Waals surface area contributed by atoms with E-state index in [4.69, 9.17) is 5.26 Å². The number of nitriles is 1. The summed E-state index contributed by atoms with van der Waals surface area (Å²) in [4.78, 5) is 14.2. The van der Waals surface area contributed by atoms with Crippen LogP contribution in [0.4, 0.5) is 0 Å². The van der Waals surface area contributed by atoms with Gasteiger partial charge in [-0.2, -0.15) is 5.26 Å². The van der Waals surface area contributed by atoms with E-state index in [0.29, 0.717) is 31.2 Å². The first-order chi connectivity index (χ1) is 9.06. The number of carbonyl (C=O) groups excluding carboxylic acids is 1. The van der Waals surface area contributed by atoms with Crippen LogP contribution >= 0.6 is 0 Å². The van der Waals surface area contributed by atoms with Crippen LogP contribution in [0, 0.1) is 23.2 Å². The molecule has 0 aromatic heterocycles. The third-order valence-corrected chi connectivity index (χ3v) is 4.04. The standard InChI is InChI=1S/C15H27N3O/c1-12(2)18(9-5-7-16)15(19)10-13(3)14-6-4-8-17-11-14/h12-14,17H,4-6,8-11H2,1-3H3. The van der Waals surface area contributed by atoms with E-state index in [1.807, 2.05) is 18.7 Å². The van der Waals surface area contributed by atoms with Gasteiger partial charge >= 0.3 is 0 Å². The molecule has 0 aromatic carbocycles. The fourth-order valence-corrected chi connectivity index (χ4v) is 2.77. The second-order valence-electron chi connectivity index (χ2n) is 5.88. The molecule has 1 N–H and O–H groups in total. The maximum absolute atomic E-state index is 12.3. The molecule has 108 valence electrons. The molecule has 0 aliphatic carbocycles. The number of hydrogen-bond donors (Lipinski definition) is 1. The summed E-state index contributed by atoms with van der Waals surface area (Å²) in [5.74, 6) is 1.23. The summed E-state index contributed by atoms with van der Waals surface area (Å²) in [5.41, 5.74) is 0. The molecule has 0 radical (unpaired) electrons. The molecular weight excluding hydrogens is 238 g/mol. The predicted molar refractivity (Wildman–Crippen MR) is 76.5 cm³/mol. The van der Waals surface area contributed by atoms with Crippen LogP contribution < -0.4 is 5.32 Å². The van der Waals surface area contributed by atoms with Gasteiger partial charge in [0.2, 0.25) is 5.91 Å². The van der Waals surface area contributed by atoms with Gasteiger partial charge < -0.3 is 10.2 Å². The van der Waals surface area contributed by atoms with E-state index in [1.165, 1.54) is 12.8 Å². The van der Waals surface area contributed by atoms with E-state index in [0.717, 1.165) is 13.1 Å². The van der Waals surface area contributed by atoms with Crippen molar-refractivity contribution < 1.29 is 4.79 Å². The molecule has 4 heteroatoms. The summed E-state index contributed by atoms with van der Waals surface area (Å²) < 4.78 is 0. The molecule has 1 heterocycles. The van der Waals surface area contributed by atoms with Crippen LogP contribution in [-0.2, 0) is 4.79 Å². The molecule has 1 aliphatic heterocycles. The summed E-state index contributed by atoms with van der Waals surface area (Å²) in [5, 5.41) is 12.1. The minimum Gasteiger partial charge on any atom is -0.339 e. The Morgan fingerprint density at radius 3 is 2.74 bits per heavy atom. The SMILES string of the molecule is CC(CC(=O)N(CCC#N)C(C)C)C1CCCNC1. The van der Waals surface area contributed by atoms with Gasteiger partial charge in [0, 0.05) is 19.0 Å². The summed E-state index contributed by atoms with van der Waals surface area (Å²) in [6.45, 7) is 8.91. The van der Waals surface area contributed by atoms with Gasteiger partial charge in [-0.1, -0.05) is 6.92 Å². The van der Waals surface area contributed by atoms with Gasteiger partial charge in [0.25, 0.3) is 0 Å². The molecule has 0 saturated carbocycles. The lowest BCUT2D eigenvalue weighted by Gasteiger charge is -2.31. The van der Waals surface area contributed by atoms with E-state index in [9.17, 15) is 4.79 Å². The quantitative estimate of drug-likeness (QED) is 0.800. The molecule has 0 spiro atoms. The van der Waals surface area contributed by atoms with Gasteiger partial charge in [-0.25, -0.2) is 0 Å². The first kappa shape index (κ1) is 16.0. The largest absolute Gasteiger partial charge is 0.339 e. The topological polar surface area (TPSA) is 56.1 Å². The first-order valence-electron chi connectivity index (χ1n) is 7.43. The summed E-state index contributed by atoms with van der Waals surface area (Å²) >= 11 is 0. The smallest absolute Gasteiger partial charge is 0.223 e. The molecule has 1 amide bonds. The fraction of sp³-hybridized carbons (Fsp3) is 0.867. The van der Waals surface area contributed by atoms with Gasteiger partial charge in [0.15, 0.2) is 0 Å². The van der Waals surface area contributed by atoms with Crippen molar-refractivity contribution in [2.75, 3.05) is 19.6 Å². The number of carbonyl (C=O) groups is 1. The van der Waals surface area contributed by atoms with E-state index in [-0.39, 0.29) is 11.9 Å². The lowest BCUT2D eigenvalue weighted by atomic mass is 9.85. The van der Waals surface area contributed by atoms with Crippen LogP contribution in [0.25, 0.3) is 0 Å². The molecule has 1 rings (SSSR count). The van der Waals surface area contributed by atoms with Crippen LogP contribution in [0.3, 0.4) is 0 Å². The van der Waals surface area contributed by atoms with Crippen LogP contribution in [0.5, 0.6) is 0 Å². The average molecular weight is 265 g/mol. The number of hydrogen-bond acceptors (Lipinski definition) is 3. The molecule has 2 atom stereocenters. The Hall–Kier alpha value is -1.08. The predicted octanol–water partition coefficient (Wildman–Crippen LogP) is 2.16. The normalized spacial score (nSPS) is 20.9. The molecular formula is C15H27N3O. The highest BCUT2D eigenvalue weighted by Crippen LogP contribution is 2.23. The highest BCUT2D eigenvalue weighted by atomic mass is 16.2. The maximum atomic E-state index is 12.3. The van der Waals surface area contributed by atoms with E-state index >= 15 is 0 Å². The van der Waals surface area contributed by atoms with Crippen LogP contribution in [0.1, 0.15) is 46.5 Å². The van der Waals surface area contributed by atoms with Crippen LogP contribution in [0.2, 0.25) is 0 Å². The molecule has 1 saturated heterocycles. The number of amides is 1. The lowest BCUT2D eigenvalue weighted by Crippen LogP contribution is -2.40. The highest BCUT2D eigenvalue weighted by Gasteiger charge is 2.25. The molecule has 0 bridgehead atoms. The Kier molecular flexibility index (Phi) is 6.86. The second-order valence-corrected chi connectivity index (χ2v) is 5.88. The zero-order valence-electron chi connectivity index (χ0n) is 12.5. The van der Waals surface area contributed by atoms with Crippen molar-refractivity contribution in [3.05, 3.63) is 0 Å². The van der Waals surface area contributed by atoms with E-state index in [2.05, 4.69) is 18.3 Å². The van der Waals surface area contributed by atoms with Crippen molar-refractivity contribution in [3.8, 4) is 6.07 Å². The lowest BCUT2D eigenvalue weighted by molar-refractivity contribution is -0.134. The zero-order valence-corrected chi connectivity index (χ0v) is 12.5. The molecule has 1 aliphatic rings. The van der Waals surface area contributed by atoms with Crippen molar-refractivity contribution in [2.45, 2.75) is 52.5 Å². The van der Waals surface area contributed by atoms with Crippen LogP contribution in [-0.4, -0.2) is 36.5 Å². The molecule has 2 unspecified atom stereocenters. The first-order valence-corrected chi connectivity index (χ1v) is 7.43. The number of nitrogens with one attached hydrogen (secondary N) is 1. The van der Waals surface area contributed by atoms with E-state index in [1.54, 1.807) is 0 Å². The highest BCUT2D eigenvalue weighted by molar-refractivity contribution is 5.76. The average Bonchev–Trinajstić information content (AvgIpc) is 2.39. The Bertz CT molecular complexity index is 316. The van der Waals surface area contributed by atoms with Gasteiger partial charge in [-0.05, 0) is 51.6 Å². The van der Waals surface area contributed by atoms with Crippen molar-refractivity contribution in [2.24, 2.45) is 11.8 Å². The molecule has 4 nitrogen and oxygen atoms in total. The van der Waals surface area contributed by atoms with Gasteiger partial charge in [-0.3, -0.25) is 4.79 Å². The third-order valence-electron chi connectivity index (χ3n) is 4.04. The monoisotopic (exact) mass is 265 g/mol. The van der Waals surface area contributed by atoms with Crippen LogP contribution in [0.15, 0.2) is 0 Å². The Balaban J connectivity index is 2.48. The Morgan fingerprint density at radius 1 is 1.47 bits per heavy atom. The molecule has 1 fully saturated rings. The molecule has 19 heavy (non-hydrogen) atoms. The number of nitrogens with zero attached hydrogens (tertiary/aromatic N) is 2. The minimum absolute atomic E-state index is 0.178. The second kappa shape index (κ2) is 8.16. The van der Waals surface area contributed by atoms with Crippen molar-refractivity contribution in [1.29, 1.82) is 5.26 Å². The maximum Gasteiger partial charge on any atom is 0.223 e. The van der Waals surface area contributed by atoms with Gasteiger partial charge in [0.05, 0.1) is 12.5 Å². The third kappa shape index (κ3) is 5.20. The summed E-state index contributed by atoms with van der Waals surface area (Å²) in [6.07, 6.45) is 3.46. The fourth-order valence-electron chi connectivity index (χ4n) is 2.77. The number of rotatable bonds is 6. The summed E-state index contributed by atoms with van der Waals surface area (Å²) in [6, 6.07) is 2.30. The minimum atomic E-state index is 0.178. The van der Waals surface area contributed by atoms with Gasteiger partial charge in [0.1, 0.15) is 0 Å². The van der Waals surface area contributed by atoms with E-state index < -0.39 is 0 Å². The molecule has 0 aromatic rings. The Labute approximate surface area is 117 Å². The van der Waals surface area contributed by atoms with Crippen molar-refractivity contribution in [3.63, 3.8) is 0 Å². The zero-order chi connectivity index (χ0) is 14.3.